The number of amides is 2. The first kappa shape index (κ1) is 16.7. The summed E-state index contributed by atoms with van der Waals surface area (Å²) in [6.45, 7) is -0.523. The molecule has 1 aromatic heterocycles. The molecule has 0 bridgehead atoms. The van der Waals surface area contributed by atoms with E-state index in [1.807, 2.05) is 42.5 Å². The quantitative estimate of drug-likeness (QED) is 0.631. The molecule has 0 saturated heterocycles. The zero-order valence-corrected chi connectivity index (χ0v) is 13.3. The van der Waals surface area contributed by atoms with Gasteiger partial charge in [0.1, 0.15) is 12.3 Å². The average Bonchev–Trinajstić information content (AvgIpc) is 3.13. The van der Waals surface area contributed by atoms with E-state index in [0.717, 1.165) is 16.3 Å². The zero-order valence-electron chi connectivity index (χ0n) is 13.3. The second kappa shape index (κ2) is 7.59. The Morgan fingerprint density at radius 2 is 1.92 bits per heavy atom. The molecule has 1 heterocycles. The minimum Gasteiger partial charge on any atom is -0.394 e. The highest BCUT2D eigenvalue weighted by atomic mass is 16.5. The fourth-order valence-corrected chi connectivity index (χ4v) is 2.55. The Kier molecular flexibility index (Phi) is 5.06. The maximum absolute atomic E-state index is 12.3. The minimum atomic E-state index is -1.07. The standard InChI is InChI=1S/C18H17N3O4/c22-11-15(18(24)20-16-8-9-25-21-16)19-17(23)10-13-6-3-5-12-4-1-2-7-14(12)13/h1-9,15,22H,10-11H2,(H,19,23)(H,20,21,24). The van der Waals surface area contributed by atoms with Crippen LogP contribution >= 0.6 is 0 Å². The molecule has 2 amide bonds. The van der Waals surface area contributed by atoms with Crippen molar-refractivity contribution in [3.8, 4) is 0 Å². The van der Waals surface area contributed by atoms with Crippen LogP contribution in [-0.2, 0) is 16.0 Å². The summed E-state index contributed by atoms with van der Waals surface area (Å²) in [7, 11) is 0. The molecular formula is C18H17N3O4. The van der Waals surface area contributed by atoms with Gasteiger partial charge in [0.05, 0.1) is 13.0 Å². The summed E-state index contributed by atoms with van der Waals surface area (Å²) in [5, 5.41) is 19.9. The van der Waals surface area contributed by atoms with Crippen LogP contribution in [0.1, 0.15) is 5.56 Å². The molecule has 0 radical (unpaired) electrons. The SMILES string of the molecule is O=C(Cc1cccc2ccccc12)NC(CO)C(=O)Nc1ccon1. The van der Waals surface area contributed by atoms with Gasteiger partial charge in [0.2, 0.25) is 5.91 Å². The first-order valence-electron chi connectivity index (χ1n) is 7.75. The lowest BCUT2D eigenvalue weighted by Crippen LogP contribution is -2.46. The number of carbonyl (C=O) groups excluding carboxylic acids is 2. The second-order valence-electron chi connectivity index (χ2n) is 5.49. The summed E-state index contributed by atoms with van der Waals surface area (Å²) >= 11 is 0. The van der Waals surface area contributed by atoms with Crippen molar-refractivity contribution < 1.29 is 19.2 Å². The van der Waals surface area contributed by atoms with Crippen molar-refractivity contribution in [2.75, 3.05) is 11.9 Å². The highest BCUT2D eigenvalue weighted by Crippen LogP contribution is 2.18. The zero-order chi connectivity index (χ0) is 17.6. The van der Waals surface area contributed by atoms with E-state index in [1.54, 1.807) is 0 Å². The average molecular weight is 339 g/mol. The molecule has 7 nitrogen and oxygen atoms in total. The normalized spacial score (nSPS) is 11.9. The number of hydrogen-bond donors (Lipinski definition) is 3. The van der Waals surface area contributed by atoms with Crippen molar-refractivity contribution in [3.63, 3.8) is 0 Å². The van der Waals surface area contributed by atoms with Crippen molar-refractivity contribution in [2.24, 2.45) is 0 Å². The van der Waals surface area contributed by atoms with Crippen LogP contribution in [0.2, 0.25) is 0 Å². The number of anilines is 1. The molecule has 0 spiro atoms. The minimum absolute atomic E-state index is 0.106. The summed E-state index contributed by atoms with van der Waals surface area (Å²) in [5.74, 6) is -0.708. The molecule has 0 aliphatic carbocycles. The van der Waals surface area contributed by atoms with Crippen molar-refractivity contribution >= 4 is 28.4 Å². The number of nitrogens with one attached hydrogen (secondary N) is 2. The number of rotatable bonds is 6. The first-order chi connectivity index (χ1) is 12.2. The Morgan fingerprint density at radius 1 is 1.12 bits per heavy atom. The van der Waals surface area contributed by atoms with Crippen LogP contribution in [0, 0.1) is 0 Å². The largest absolute Gasteiger partial charge is 0.394 e. The Morgan fingerprint density at radius 3 is 2.68 bits per heavy atom. The van der Waals surface area contributed by atoms with Gasteiger partial charge in [-0.2, -0.15) is 0 Å². The van der Waals surface area contributed by atoms with Gasteiger partial charge in [-0.05, 0) is 16.3 Å². The van der Waals surface area contributed by atoms with E-state index in [-0.39, 0.29) is 18.1 Å². The smallest absolute Gasteiger partial charge is 0.250 e. The molecule has 0 aliphatic rings. The third kappa shape index (κ3) is 4.02. The van der Waals surface area contributed by atoms with Crippen LogP contribution in [0.5, 0.6) is 0 Å². The van der Waals surface area contributed by atoms with E-state index in [1.165, 1.54) is 12.3 Å². The highest BCUT2D eigenvalue weighted by molar-refractivity contribution is 5.97. The predicted molar refractivity (Wildman–Crippen MR) is 91.8 cm³/mol. The van der Waals surface area contributed by atoms with Crippen LogP contribution in [-0.4, -0.2) is 34.7 Å². The van der Waals surface area contributed by atoms with Gasteiger partial charge >= 0.3 is 0 Å². The van der Waals surface area contributed by atoms with Crippen molar-refractivity contribution in [2.45, 2.75) is 12.5 Å². The van der Waals surface area contributed by atoms with E-state index >= 15 is 0 Å². The molecule has 128 valence electrons. The number of nitrogens with zero attached hydrogens (tertiary/aromatic N) is 1. The summed E-state index contributed by atoms with van der Waals surface area (Å²) in [5.41, 5.74) is 0.851. The van der Waals surface area contributed by atoms with Crippen molar-refractivity contribution in [3.05, 3.63) is 60.4 Å². The third-order valence-corrected chi connectivity index (χ3v) is 3.75. The maximum atomic E-state index is 12.3. The van der Waals surface area contributed by atoms with Crippen LogP contribution in [0.15, 0.2) is 59.3 Å². The van der Waals surface area contributed by atoms with E-state index in [4.69, 9.17) is 0 Å². The highest BCUT2D eigenvalue weighted by Gasteiger charge is 2.21. The number of hydrogen-bond acceptors (Lipinski definition) is 5. The Hall–Kier alpha value is -3.19. The lowest BCUT2D eigenvalue weighted by atomic mass is 10.0. The van der Waals surface area contributed by atoms with E-state index in [9.17, 15) is 14.7 Å². The topological polar surface area (TPSA) is 104 Å². The maximum Gasteiger partial charge on any atom is 0.250 e. The third-order valence-electron chi connectivity index (χ3n) is 3.75. The first-order valence-corrected chi connectivity index (χ1v) is 7.75. The van der Waals surface area contributed by atoms with Crippen LogP contribution in [0.3, 0.4) is 0 Å². The van der Waals surface area contributed by atoms with Gasteiger partial charge in [0, 0.05) is 6.07 Å². The van der Waals surface area contributed by atoms with Gasteiger partial charge < -0.3 is 20.3 Å². The van der Waals surface area contributed by atoms with E-state index in [0.29, 0.717) is 0 Å². The molecule has 3 rings (SSSR count). The van der Waals surface area contributed by atoms with Gasteiger partial charge in [-0.3, -0.25) is 9.59 Å². The Labute approximate surface area is 143 Å². The fourth-order valence-electron chi connectivity index (χ4n) is 2.55. The Bertz CT molecular complexity index is 872. The molecule has 0 aliphatic heterocycles. The predicted octanol–water partition coefficient (Wildman–Crippen LogP) is 1.49. The summed E-state index contributed by atoms with van der Waals surface area (Å²) in [4.78, 5) is 24.4. The number of carbonyl (C=O) groups is 2. The number of fused-ring (bicyclic) bond motifs is 1. The monoisotopic (exact) mass is 339 g/mol. The lowest BCUT2D eigenvalue weighted by molar-refractivity contribution is -0.126. The van der Waals surface area contributed by atoms with Gasteiger partial charge in [-0.25, -0.2) is 0 Å². The van der Waals surface area contributed by atoms with Crippen molar-refractivity contribution in [1.29, 1.82) is 0 Å². The molecule has 1 unspecified atom stereocenters. The molecular weight excluding hydrogens is 322 g/mol. The molecule has 25 heavy (non-hydrogen) atoms. The number of aromatic nitrogens is 1. The molecule has 0 fully saturated rings. The fraction of sp³-hybridized carbons (Fsp3) is 0.167. The van der Waals surface area contributed by atoms with Gasteiger partial charge in [-0.1, -0.05) is 47.6 Å². The van der Waals surface area contributed by atoms with Crippen LogP contribution < -0.4 is 10.6 Å². The molecule has 3 aromatic rings. The number of benzene rings is 2. The molecule has 7 heteroatoms. The Balaban J connectivity index is 1.66. The van der Waals surface area contributed by atoms with Crippen LogP contribution in [0.4, 0.5) is 5.82 Å². The lowest BCUT2D eigenvalue weighted by Gasteiger charge is -2.15. The number of aliphatic hydroxyl groups excluding tert-OH is 1. The van der Waals surface area contributed by atoms with Gasteiger partial charge in [0.25, 0.3) is 5.91 Å². The second-order valence-corrected chi connectivity index (χ2v) is 5.49. The summed E-state index contributed by atoms with van der Waals surface area (Å²) < 4.78 is 4.62. The van der Waals surface area contributed by atoms with Gasteiger partial charge in [-0.15, -0.1) is 0 Å². The van der Waals surface area contributed by atoms with Crippen molar-refractivity contribution in [1.82, 2.24) is 10.5 Å². The number of aliphatic hydroxyl groups is 1. The molecule has 0 saturated carbocycles. The molecule has 1 atom stereocenters. The molecule has 3 N–H and O–H groups in total. The van der Waals surface area contributed by atoms with Gasteiger partial charge in [0.15, 0.2) is 5.82 Å². The molecule has 2 aromatic carbocycles. The van der Waals surface area contributed by atoms with Crippen LogP contribution in [0.25, 0.3) is 10.8 Å². The summed E-state index contributed by atoms with van der Waals surface area (Å²) in [6.07, 6.45) is 1.41. The van der Waals surface area contributed by atoms with E-state index < -0.39 is 18.6 Å². The summed E-state index contributed by atoms with van der Waals surface area (Å²) in [6, 6.07) is 13.9. The van der Waals surface area contributed by atoms with E-state index in [2.05, 4.69) is 20.3 Å².